The zero-order chi connectivity index (χ0) is 32.7. The predicted octanol–water partition coefficient (Wildman–Crippen LogP) is 5.68. The van der Waals surface area contributed by atoms with Crippen molar-refractivity contribution in [2.24, 2.45) is 0 Å². The summed E-state index contributed by atoms with van der Waals surface area (Å²) in [5.41, 5.74) is 4.38. The Morgan fingerprint density at radius 3 is 2.65 bits per heavy atom. The number of aromatic nitrogens is 4. The summed E-state index contributed by atoms with van der Waals surface area (Å²) in [4.78, 5) is 36.0. The third-order valence-corrected chi connectivity index (χ3v) is 8.31. The highest BCUT2D eigenvalue weighted by Gasteiger charge is 2.13. The minimum atomic E-state index is -0.554. The Labute approximate surface area is 277 Å². The molecule has 4 aromatic carbocycles. The Morgan fingerprint density at radius 1 is 0.896 bits per heavy atom. The van der Waals surface area contributed by atoms with Gasteiger partial charge in [0.1, 0.15) is 12.1 Å². The minimum absolute atomic E-state index is 0.294. The molecule has 0 saturated carbocycles. The summed E-state index contributed by atoms with van der Waals surface area (Å²) in [6.07, 6.45) is 6.45. The van der Waals surface area contributed by atoms with E-state index in [2.05, 4.69) is 60.9 Å². The summed E-state index contributed by atoms with van der Waals surface area (Å²) in [5, 5.41) is 14.8. The maximum absolute atomic E-state index is 12.6. The third kappa shape index (κ3) is 7.33. The number of anilines is 3. The van der Waals surface area contributed by atoms with Crippen LogP contribution >= 0.6 is 0 Å². The molecule has 0 bridgehead atoms. The summed E-state index contributed by atoms with van der Waals surface area (Å²) in [6, 6.07) is 26.1. The molecule has 6 aromatic rings. The van der Waals surface area contributed by atoms with Crippen LogP contribution in [0.1, 0.15) is 12.0 Å². The van der Waals surface area contributed by atoms with E-state index in [-0.39, 0.29) is 0 Å². The number of esters is 1. The van der Waals surface area contributed by atoms with Crippen LogP contribution < -0.4 is 10.6 Å². The van der Waals surface area contributed by atoms with Crippen molar-refractivity contribution in [1.29, 1.82) is 0 Å². The lowest BCUT2D eigenvalue weighted by atomic mass is 10.1. The van der Waals surface area contributed by atoms with Crippen molar-refractivity contribution in [3.05, 3.63) is 109 Å². The second-order valence-corrected chi connectivity index (χ2v) is 11.6. The van der Waals surface area contributed by atoms with Crippen LogP contribution in [0.4, 0.5) is 17.2 Å². The van der Waals surface area contributed by atoms with Gasteiger partial charge in [-0.25, -0.2) is 14.8 Å². The van der Waals surface area contributed by atoms with Crippen LogP contribution in [-0.2, 0) is 25.6 Å². The predicted molar refractivity (Wildman–Crippen MR) is 186 cm³/mol. The van der Waals surface area contributed by atoms with Crippen molar-refractivity contribution in [3.8, 4) is 0 Å². The lowest BCUT2D eigenvalue weighted by Crippen LogP contribution is -2.37. The van der Waals surface area contributed by atoms with Crippen molar-refractivity contribution < 1.29 is 19.1 Å². The molecule has 0 radical (unpaired) electrons. The number of nitrogens with one attached hydrogen (secondary N) is 2. The number of carbonyl (C=O) groups is 2. The molecule has 2 aromatic heterocycles. The lowest BCUT2D eigenvalue weighted by molar-refractivity contribution is -0.138. The molecule has 2 N–H and O–H groups in total. The number of nitrogens with zero attached hydrogens (tertiary/aromatic N) is 5. The van der Waals surface area contributed by atoms with Crippen LogP contribution in [0.15, 0.2) is 104 Å². The van der Waals surface area contributed by atoms with E-state index in [9.17, 15) is 9.59 Å². The average Bonchev–Trinajstić information content (AvgIpc) is 3.50. The Hall–Kier alpha value is -5.65. The van der Waals surface area contributed by atoms with Crippen molar-refractivity contribution in [3.63, 3.8) is 0 Å². The third-order valence-electron chi connectivity index (χ3n) is 8.31. The fourth-order valence-electron chi connectivity index (χ4n) is 5.87. The molecule has 242 valence electrons. The highest BCUT2D eigenvalue weighted by Crippen LogP contribution is 2.32. The van der Waals surface area contributed by atoms with Gasteiger partial charge in [-0.15, -0.1) is 0 Å². The summed E-state index contributed by atoms with van der Waals surface area (Å²) in [7, 11) is 0. The van der Waals surface area contributed by atoms with E-state index in [1.807, 2.05) is 53.3 Å². The summed E-state index contributed by atoms with van der Waals surface area (Å²) >= 11 is 0. The van der Waals surface area contributed by atoms with E-state index in [1.165, 1.54) is 18.0 Å². The van der Waals surface area contributed by atoms with Gasteiger partial charge in [0.05, 0.1) is 43.6 Å². The summed E-state index contributed by atoms with van der Waals surface area (Å²) in [5.74, 6) is -0.405. The number of ether oxygens (including phenoxy) is 2. The van der Waals surface area contributed by atoms with E-state index in [4.69, 9.17) is 9.47 Å². The first-order valence-electron chi connectivity index (χ1n) is 16.0. The maximum atomic E-state index is 12.6. The molecule has 3 heterocycles. The van der Waals surface area contributed by atoms with Gasteiger partial charge in [0, 0.05) is 59.3 Å². The zero-order valence-electron chi connectivity index (χ0n) is 26.3. The molecule has 0 atom stereocenters. The first-order chi connectivity index (χ1) is 23.6. The van der Waals surface area contributed by atoms with Crippen LogP contribution in [0.25, 0.3) is 32.6 Å². The van der Waals surface area contributed by atoms with Crippen molar-refractivity contribution >= 4 is 61.6 Å². The molecule has 11 heteroatoms. The van der Waals surface area contributed by atoms with Crippen LogP contribution in [-0.4, -0.2) is 76.0 Å². The molecule has 11 nitrogen and oxygen atoms in total. The van der Waals surface area contributed by atoms with Crippen molar-refractivity contribution in [2.45, 2.75) is 13.0 Å². The SMILES string of the molecule is O=C(/C=C/C(=O)OCCCN1CCOCC1)Nc1ccc2ncnc(Nc3cccc4cc5c(cnn5Cc5ccccc5)cc34)c2c1. The molecule has 0 aliphatic carbocycles. The zero-order valence-corrected chi connectivity index (χ0v) is 26.3. The Kier molecular flexibility index (Phi) is 9.30. The molecule has 1 saturated heterocycles. The molecule has 1 fully saturated rings. The van der Waals surface area contributed by atoms with E-state index in [0.717, 1.165) is 78.1 Å². The van der Waals surface area contributed by atoms with Gasteiger partial charge < -0.3 is 20.1 Å². The Bertz CT molecular complexity index is 2110. The van der Waals surface area contributed by atoms with E-state index in [1.54, 1.807) is 6.07 Å². The first-order valence-corrected chi connectivity index (χ1v) is 16.0. The topological polar surface area (TPSA) is 124 Å². The number of fused-ring (bicyclic) bond motifs is 3. The number of rotatable bonds is 11. The van der Waals surface area contributed by atoms with E-state index >= 15 is 0 Å². The fourth-order valence-corrected chi connectivity index (χ4v) is 5.87. The average molecular weight is 642 g/mol. The summed E-state index contributed by atoms with van der Waals surface area (Å²) in [6.45, 7) is 5.07. The van der Waals surface area contributed by atoms with Crippen LogP contribution in [0.5, 0.6) is 0 Å². The first kappa shape index (κ1) is 31.0. The number of hydrogen-bond acceptors (Lipinski definition) is 9. The number of hydrogen-bond donors (Lipinski definition) is 2. The molecule has 0 spiro atoms. The monoisotopic (exact) mass is 641 g/mol. The molecular weight excluding hydrogens is 606 g/mol. The van der Waals surface area contributed by atoms with E-state index < -0.39 is 11.9 Å². The highest BCUT2D eigenvalue weighted by atomic mass is 16.5. The number of morpholine rings is 1. The van der Waals surface area contributed by atoms with Crippen molar-refractivity contribution in [1.82, 2.24) is 24.6 Å². The number of benzene rings is 4. The van der Waals surface area contributed by atoms with Gasteiger partial charge >= 0.3 is 5.97 Å². The molecule has 7 rings (SSSR count). The minimum Gasteiger partial charge on any atom is -0.462 e. The molecule has 1 aliphatic rings. The number of carbonyl (C=O) groups excluding carboxylic acids is 2. The molecule has 1 amide bonds. The second-order valence-electron chi connectivity index (χ2n) is 11.6. The molecular formula is C37H35N7O4. The van der Waals surface area contributed by atoms with Crippen LogP contribution in [0.3, 0.4) is 0 Å². The second kappa shape index (κ2) is 14.4. The van der Waals surface area contributed by atoms with Gasteiger partial charge in [-0.3, -0.25) is 14.4 Å². The summed E-state index contributed by atoms with van der Waals surface area (Å²) < 4.78 is 12.6. The van der Waals surface area contributed by atoms with E-state index in [0.29, 0.717) is 30.2 Å². The Morgan fingerprint density at radius 2 is 1.77 bits per heavy atom. The highest BCUT2D eigenvalue weighted by molar-refractivity contribution is 6.06. The van der Waals surface area contributed by atoms with Crippen molar-refractivity contribution in [2.75, 3.05) is 50.1 Å². The molecule has 48 heavy (non-hydrogen) atoms. The van der Waals surface area contributed by atoms with Gasteiger partial charge in [-0.1, -0.05) is 42.5 Å². The smallest absolute Gasteiger partial charge is 0.330 e. The normalized spacial score (nSPS) is 13.8. The van der Waals surface area contributed by atoms with Gasteiger partial charge in [-0.05, 0) is 53.8 Å². The van der Waals surface area contributed by atoms with Crippen LogP contribution in [0, 0.1) is 0 Å². The van der Waals surface area contributed by atoms with Gasteiger partial charge in [-0.2, -0.15) is 5.10 Å². The van der Waals surface area contributed by atoms with Gasteiger partial charge in [0.25, 0.3) is 0 Å². The number of amides is 1. The Balaban J connectivity index is 1.03. The lowest BCUT2D eigenvalue weighted by Gasteiger charge is -2.26. The largest absolute Gasteiger partial charge is 0.462 e. The maximum Gasteiger partial charge on any atom is 0.330 e. The van der Waals surface area contributed by atoms with Gasteiger partial charge in [0.15, 0.2) is 0 Å². The molecule has 0 unspecified atom stereocenters. The standard InChI is InChI=1S/C37H35N7O4/c45-35(12-13-36(46)48-17-5-14-43-15-18-47-19-16-43)41-29-10-11-32-31(22-29)37(39-25-38-32)42-33-9-4-8-27-21-34-28(20-30(27)33)23-40-44(34)24-26-6-2-1-3-7-26/h1-4,6-13,20-23,25H,5,14-19,24H2,(H,41,45)(H,38,39,42)/b13-12+. The molecule has 1 aliphatic heterocycles. The quantitative estimate of drug-likeness (QED) is 0.104. The fraction of sp³-hybridized carbons (Fsp3) is 0.216. The van der Waals surface area contributed by atoms with Crippen LogP contribution in [0.2, 0.25) is 0 Å². The van der Waals surface area contributed by atoms with Gasteiger partial charge in [0.2, 0.25) is 5.91 Å².